The van der Waals surface area contributed by atoms with Gasteiger partial charge >= 0.3 is 0 Å². The van der Waals surface area contributed by atoms with Crippen molar-refractivity contribution >= 4 is 24.5 Å². The number of aromatic nitrogens is 5. The van der Waals surface area contributed by atoms with E-state index in [1.807, 2.05) is 42.5 Å². The highest BCUT2D eigenvalue weighted by Crippen LogP contribution is 2.29. The van der Waals surface area contributed by atoms with Crippen LogP contribution in [0.25, 0.3) is 17.6 Å². The Bertz CT molecular complexity index is 961. The van der Waals surface area contributed by atoms with Crippen LogP contribution in [0.5, 0.6) is 0 Å². The molecule has 1 aliphatic rings. The van der Waals surface area contributed by atoms with E-state index in [0.717, 1.165) is 30.5 Å². The van der Waals surface area contributed by atoms with E-state index in [0.29, 0.717) is 10.6 Å². The number of rotatable bonds is 4. The average Bonchev–Trinajstić information content (AvgIpc) is 3.29. The second-order valence-corrected chi connectivity index (χ2v) is 5.97. The highest BCUT2D eigenvalue weighted by molar-refractivity contribution is 7.71. The topological polar surface area (TPSA) is 74.7 Å². The van der Waals surface area contributed by atoms with Crippen molar-refractivity contribution < 1.29 is 0 Å². The molecule has 2 heterocycles. The number of aryl methyl sites for hydroxylation is 1. The standard InChI is InChI=1S/C17H16N6S/c24-17-22-21-16(15-13-9-4-10-14(13)19-20-15)23(17)18-11-5-8-12-6-2-1-3-7-12/h1-3,5-8,11H,4,9-10H2,(H,19,20)(H,22,24)/b8-5+,18-11?. The molecule has 0 aliphatic heterocycles. The van der Waals surface area contributed by atoms with Gasteiger partial charge < -0.3 is 0 Å². The van der Waals surface area contributed by atoms with Crippen molar-refractivity contribution in [2.24, 2.45) is 5.10 Å². The molecule has 24 heavy (non-hydrogen) atoms. The first-order valence-corrected chi connectivity index (χ1v) is 8.24. The normalized spacial score (nSPS) is 14.0. The number of hydrogen-bond donors (Lipinski definition) is 2. The fourth-order valence-corrected chi connectivity index (χ4v) is 3.06. The number of fused-ring (bicyclic) bond motifs is 1. The van der Waals surface area contributed by atoms with Crippen molar-refractivity contribution in [3.8, 4) is 11.5 Å². The van der Waals surface area contributed by atoms with Crippen LogP contribution in [0.4, 0.5) is 0 Å². The van der Waals surface area contributed by atoms with Crippen molar-refractivity contribution in [1.82, 2.24) is 25.1 Å². The molecule has 7 heteroatoms. The lowest BCUT2D eigenvalue weighted by Gasteiger charge is -1.98. The summed E-state index contributed by atoms with van der Waals surface area (Å²) in [4.78, 5) is 0. The summed E-state index contributed by atoms with van der Waals surface area (Å²) in [6.07, 6.45) is 8.76. The van der Waals surface area contributed by atoms with Gasteiger partial charge in [-0.1, -0.05) is 36.4 Å². The number of benzene rings is 1. The molecule has 2 N–H and O–H groups in total. The zero-order valence-electron chi connectivity index (χ0n) is 12.9. The van der Waals surface area contributed by atoms with Crippen molar-refractivity contribution in [2.45, 2.75) is 19.3 Å². The second kappa shape index (κ2) is 6.37. The molecule has 6 nitrogen and oxygen atoms in total. The Kier molecular flexibility index (Phi) is 3.92. The van der Waals surface area contributed by atoms with E-state index in [1.165, 1.54) is 11.3 Å². The molecule has 0 saturated carbocycles. The van der Waals surface area contributed by atoms with Crippen LogP contribution in [0.1, 0.15) is 23.2 Å². The quantitative estimate of drug-likeness (QED) is 0.566. The van der Waals surface area contributed by atoms with Gasteiger partial charge in [0.05, 0.1) is 0 Å². The van der Waals surface area contributed by atoms with Crippen LogP contribution in [0.2, 0.25) is 0 Å². The Morgan fingerprint density at radius 2 is 2.00 bits per heavy atom. The van der Waals surface area contributed by atoms with Gasteiger partial charge in [0.15, 0.2) is 0 Å². The molecular weight excluding hydrogens is 320 g/mol. The van der Waals surface area contributed by atoms with E-state index in [1.54, 1.807) is 10.9 Å². The SMILES string of the molecule is S=c1[nH]nc(-c2n[nH]c3c2CCC3)n1N=C/C=C/c1ccccc1. The first-order valence-electron chi connectivity index (χ1n) is 7.83. The van der Waals surface area contributed by atoms with Gasteiger partial charge in [0.25, 0.3) is 0 Å². The van der Waals surface area contributed by atoms with Crippen LogP contribution in [0.3, 0.4) is 0 Å². The third kappa shape index (κ3) is 2.74. The summed E-state index contributed by atoms with van der Waals surface area (Å²) in [7, 11) is 0. The lowest BCUT2D eigenvalue weighted by molar-refractivity contribution is 0.844. The molecule has 0 saturated heterocycles. The Labute approximate surface area is 143 Å². The number of allylic oxidation sites excluding steroid dienone is 1. The van der Waals surface area contributed by atoms with E-state index >= 15 is 0 Å². The fourth-order valence-electron chi connectivity index (χ4n) is 2.88. The lowest BCUT2D eigenvalue weighted by Crippen LogP contribution is -1.96. The minimum Gasteiger partial charge on any atom is -0.282 e. The summed E-state index contributed by atoms with van der Waals surface area (Å²) in [5, 5.41) is 19.0. The number of nitrogens with one attached hydrogen (secondary N) is 2. The molecular formula is C17H16N6S. The average molecular weight is 336 g/mol. The van der Waals surface area contributed by atoms with E-state index < -0.39 is 0 Å². The van der Waals surface area contributed by atoms with Crippen LogP contribution < -0.4 is 0 Å². The Morgan fingerprint density at radius 1 is 1.12 bits per heavy atom. The molecule has 0 radical (unpaired) electrons. The van der Waals surface area contributed by atoms with E-state index in [2.05, 4.69) is 25.5 Å². The smallest absolute Gasteiger partial charge is 0.216 e. The van der Waals surface area contributed by atoms with Crippen molar-refractivity contribution in [3.05, 3.63) is 58.0 Å². The molecule has 2 aromatic heterocycles. The third-order valence-corrected chi connectivity index (χ3v) is 4.29. The summed E-state index contributed by atoms with van der Waals surface area (Å²) in [6.45, 7) is 0. The molecule has 1 aromatic carbocycles. The van der Waals surface area contributed by atoms with Crippen LogP contribution in [-0.4, -0.2) is 31.3 Å². The minimum absolute atomic E-state index is 0.448. The van der Waals surface area contributed by atoms with Gasteiger partial charge in [-0.25, -0.2) is 5.10 Å². The van der Waals surface area contributed by atoms with Gasteiger partial charge in [-0.2, -0.15) is 20.0 Å². The monoisotopic (exact) mass is 336 g/mol. The molecule has 1 aliphatic carbocycles. The van der Waals surface area contributed by atoms with Crippen LogP contribution in [0.15, 0.2) is 41.5 Å². The molecule has 0 unspecified atom stereocenters. The number of nitrogens with zero attached hydrogens (tertiary/aromatic N) is 4. The maximum Gasteiger partial charge on any atom is 0.216 e. The van der Waals surface area contributed by atoms with E-state index in [9.17, 15) is 0 Å². The van der Waals surface area contributed by atoms with Gasteiger partial charge in [0, 0.05) is 17.5 Å². The summed E-state index contributed by atoms with van der Waals surface area (Å²) in [5.41, 5.74) is 4.36. The first kappa shape index (κ1) is 14.8. The van der Waals surface area contributed by atoms with Gasteiger partial charge in [-0.3, -0.25) is 5.10 Å². The van der Waals surface area contributed by atoms with Crippen molar-refractivity contribution in [1.29, 1.82) is 0 Å². The van der Waals surface area contributed by atoms with Gasteiger partial charge in [-0.05, 0) is 43.1 Å². The molecule has 0 atom stereocenters. The Balaban J connectivity index is 1.62. The lowest BCUT2D eigenvalue weighted by atomic mass is 10.2. The predicted molar refractivity (Wildman–Crippen MR) is 96.4 cm³/mol. The van der Waals surface area contributed by atoms with Gasteiger partial charge in [0.1, 0.15) is 5.69 Å². The molecule has 3 aromatic rings. The summed E-state index contributed by atoms with van der Waals surface area (Å²) in [5.74, 6) is 0.642. The van der Waals surface area contributed by atoms with E-state index in [-0.39, 0.29) is 0 Å². The van der Waals surface area contributed by atoms with Crippen LogP contribution in [0, 0.1) is 4.77 Å². The first-order chi connectivity index (χ1) is 11.8. The molecule has 4 rings (SSSR count). The molecule has 0 amide bonds. The predicted octanol–water partition coefficient (Wildman–Crippen LogP) is 3.37. The van der Waals surface area contributed by atoms with Crippen molar-refractivity contribution in [3.63, 3.8) is 0 Å². The van der Waals surface area contributed by atoms with Crippen LogP contribution in [-0.2, 0) is 12.8 Å². The Hall–Kier alpha value is -2.80. The summed E-state index contributed by atoms with van der Waals surface area (Å²) < 4.78 is 2.06. The van der Waals surface area contributed by atoms with Crippen LogP contribution >= 0.6 is 12.2 Å². The molecule has 0 bridgehead atoms. The molecule has 0 fully saturated rings. The highest BCUT2D eigenvalue weighted by Gasteiger charge is 2.22. The number of aromatic amines is 2. The van der Waals surface area contributed by atoms with Gasteiger partial charge in [0.2, 0.25) is 10.6 Å². The highest BCUT2D eigenvalue weighted by atomic mass is 32.1. The van der Waals surface area contributed by atoms with Crippen molar-refractivity contribution in [2.75, 3.05) is 0 Å². The Morgan fingerprint density at radius 3 is 2.88 bits per heavy atom. The third-order valence-electron chi connectivity index (χ3n) is 4.03. The summed E-state index contributed by atoms with van der Waals surface area (Å²) in [6, 6.07) is 10.1. The fraction of sp³-hybridized carbons (Fsp3) is 0.176. The summed E-state index contributed by atoms with van der Waals surface area (Å²) >= 11 is 5.29. The minimum atomic E-state index is 0.448. The maximum atomic E-state index is 5.29. The zero-order chi connectivity index (χ0) is 16.4. The number of hydrogen-bond acceptors (Lipinski definition) is 4. The maximum absolute atomic E-state index is 5.29. The zero-order valence-corrected chi connectivity index (χ0v) is 13.8. The molecule has 0 spiro atoms. The largest absolute Gasteiger partial charge is 0.282 e. The number of H-pyrrole nitrogens is 2. The van der Waals surface area contributed by atoms with E-state index in [4.69, 9.17) is 12.2 Å². The second-order valence-electron chi connectivity index (χ2n) is 5.58. The molecule has 120 valence electrons. The van der Waals surface area contributed by atoms with Gasteiger partial charge in [-0.15, -0.1) is 0 Å².